The molecule has 3 rings (SSSR count). The summed E-state index contributed by atoms with van der Waals surface area (Å²) in [7, 11) is 0. The van der Waals surface area contributed by atoms with Crippen LogP contribution in [0.25, 0.3) is 0 Å². The van der Waals surface area contributed by atoms with E-state index in [9.17, 15) is 0 Å². The summed E-state index contributed by atoms with van der Waals surface area (Å²) in [5.74, 6) is 0. The predicted molar refractivity (Wildman–Crippen MR) is 63.8 cm³/mol. The molecule has 0 unspecified atom stereocenters. The van der Waals surface area contributed by atoms with E-state index in [4.69, 9.17) is 6.40 Å². The second-order valence-electron chi connectivity index (χ2n) is 3.70. The Labute approximate surface area is 101 Å². The van der Waals surface area contributed by atoms with E-state index in [0.29, 0.717) is 0 Å². The molecular formula is C11H10N2O2Te. The van der Waals surface area contributed by atoms with E-state index in [1.54, 1.807) is 0 Å². The van der Waals surface area contributed by atoms with Crippen LogP contribution in [0.3, 0.4) is 0 Å². The average Bonchev–Trinajstić information content (AvgIpc) is 2.84. The molecule has 0 radical (unpaired) electrons. The van der Waals surface area contributed by atoms with Crippen LogP contribution in [-0.2, 0) is 6.40 Å². The van der Waals surface area contributed by atoms with Crippen molar-refractivity contribution in [3.8, 4) is 0 Å². The molecule has 4 nitrogen and oxygen atoms in total. The number of benzene rings is 1. The van der Waals surface area contributed by atoms with Crippen molar-refractivity contribution >= 4 is 34.9 Å². The fourth-order valence-corrected chi connectivity index (χ4v) is 4.71. The van der Waals surface area contributed by atoms with Crippen molar-refractivity contribution in [3.05, 3.63) is 35.4 Å². The van der Waals surface area contributed by atoms with Crippen LogP contribution in [0.5, 0.6) is 0 Å². The van der Waals surface area contributed by atoms with E-state index in [1.165, 1.54) is 5.56 Å². The standard InChI is InChI=1S/C11H10N2O2Te/c1-7-3-5-9(6-4-7)10-11-8(2)12-14-16(11)15-13-10/h3-6H,1-2H3. The van der Waals surface area contributed by atoms with Crippen molar-refractivity contribution in [2.75, 3.05) is 0 Å². The zero-order chi connectivity index (χ0) is 11.1. The van der Waals surface area contributed by atoms with Crippen LogP contribution in [0.4, 0.5) is 0 Å². The molecule has 0 spiro atoms. The summed E-state index contributed by atoms with van der Waals surface area (Å²) in [6, 6.07) is 8.24. The molecule has 82 valence electrons. The summed E-state index contributed by atoms with van der Waals surface area (Å²) in [6.45, 7) is 4.00. The summed E-state index contributed by atoms with van der Waals surface area (Å²) in [5, 5.41) is 8.08. The Balaban J connectivity index is 2.03. The van der Waals surface area contributed by atoms with Crippen LogP contribution in [0.2, 0.25) is 0 Å². The van der Waals surface area contributed by atoms with Gasteiger partial charge in [-0.2, -0.15) is 0 Å². The molecule has 1 aromatic carbocycles. The molecule has 1 aromatic rings. The first-order chi connectivity index (χ1) is 7.75. The molecule has 0 fully saturated rings. The minimum atomic E-state index is -2.14. The van der Waals surface area contributed by atoms with Gasteiger partial charge in [-0.3, -0.25) is 0 Å². The number of nitrogens with zero attached hydrogens (tertiary/aromatic N) is 2. The first-order valence-corrected chi connectivity index (χ1v) is 7.99. The molecule has 0 saturated carbocycles. The zero-order valence-electron chi connectivity index (χ0n) is 8.93. The van der Waals surface area contributed by atoms with Gasteiger partial charge in [0.1, 0.15) is 0 Å². The average molecular weight is 330 g/mol. The van der Waals surface area contributed by atoms with Gasteiger partial charge in [0.2, 0.25) is 0 Å². The molecule has 0 saturated heterocycles. The Kier molecular flexibility index (Phi) is 2.31. The van der Waals surface area contributed by atoms with Gasteiger partial charge in [0, 0.05) is 0 Å². The van der Waals surface area contributed by atoms with E-state index in [-0.39, 0.29) is 0 Å². The van der Waals surface area contributed by atoms with Gasteiger partial charge in [-0.05, 0) is 0 Å². The van der Waals surface area contributed by atoms with E-state index >= 15 is 0 Å². The Morgan fingerprint density at radius 2 is 1.69 bits per heavy atom. The maximum atomic E-state index is 5.33. The zero-order valence-corrected chi connectivity index (χ0v) is 11.3. The third-order valence-electron chi connectivity index (χ3n) is 2.47. The molecular weight excluding hydrogens is 320 g/mol. The van der Waals surface area contributed by atoms with Crippen LogP contribution in [0.15, 0.2) is 34.6 Å². The van der Waals surface area contributed by atoms with Gasteiger partial charge >= 0.3 is 101 Å². The normalized spacial score (nSPS) is 18.8. The van der Waals surface area contributed by atoms with Crippen molar-refractivity contribution in [1.82, 2.24) is 0 Å². The summed E-state index contributed by atoms with van der Waals surface area (Å²) in [4.78, 5) is 0. The summed E-state index contributed by atoms with van der Waals surface area (Å²) < 4.78 is 11.7. The van der Waals surface area contributed by atoms with Crippen LogP contribution < -0.4 is 0 Å². The van der Waals surface area contributed by atoms with Gasteiger partial charge in [-0.25, -0.2) is 0 Å². The monoisotopic (exact) mass is 332 g/mol. The van der Waals surface area contributed by atoms with Crippen LogP contribution in [0.1, 0.15) is 18.1 Å². The number of aryl methyl sites for hydroxylation is 1. The number of hydrogen-bond donors (Lipinski definition) is 0. The SMILES string of the molecule is CC1=NO[Te]2=C1C(c1ccc(C)cc1)=NO2. The third kappa shape index (κ3) is 1.48. The van der Waals surface area contributed by atoms with Crippen molar-refractivity contribution in [1.29, 1.82) is 0 Å². The number of hydrogen-bond acceptors (Lipinski definition) is 4. The molecule has 0 aliphatic carbocycles. The summed E-state index contributed by atoms with van der Waals surface area (Å²) >= 11 is -2.14. The van der Waals surface area contributed by atoms with Crippen LogP contribution in [0, 0.1) is 6.92 Å². The van der Waals surface area contributed by atoms with Crippen molar-refractivity contribution in [2.24, 2.45) is 10.3 Å². The van der Waals surface area contributed by atoms with Crippen LogP contribution in [-0.4, -0.2) is 34.9 Å². The Hall–Kier alpha value is -1.18. The predicted octanol–water partition coefficient (Wildman–Crippen LogP) is 1.38. The molecule has 0 atom stereocenters. The molecule has 2 aliphatic rings. The molecule has 5 heteroatoms. The quantitative estimate of drug-likeness (QED) is 0.731. The Morgan fingerprint density at radius 1 is 1.00 bits per heavy atom. The number of oxime groups is 2. The van der Waals surface area contributed by atoms with Crippen molar-refractivity contribution in [3.63, 3.8) is 0 Å². The summed E-state index contributed by atoms with van der Waals surface area (Å²) in [6.07, 6.45) is 0. The van der Waals surface area contributed by atoms with Crippen molar-refractivity contribution in [2.45, 2.75) is 13.8 Å². The second kappa shape index (κ2) is 3.69. The summed E-state index contributed by atoms with van der Waals surface area (Å²) in [5.41, 5.74) is 4.12. The second-order valence-corrected chi connectivity index (χ2v) is 7.05. The van der Waals surface area contributed by atoms with Crippen LogP contribution >= 0.6 is 0 Å². The molecule has 0 N–H and O–H groups in total. The van der Waals surface area contributed by atoms with Gasteiger partial charge in [0.05, 0.1) is 0 Å². The molecule has 16 heavy (non-hydrogen) atoms. The fourth-order valence-electron chi connectivity index (χ4n) is 1.60. The van der Waals surface area contributed by atoms with Gasteiger partial charge < -0.3 is 0 Å². The Bertz CT molecular complexity index is 544. The minimum absolute atomic E-state index is 0.898. The van der Waals surface area contributed by atoms with Gasteiger partial charge in [0.25, 0.3) is 0 Å². The van der Waals surface area contributed by atoms with E-state index in [0.717, 1.165) is 20.5 Å². The van der Waals surface area contributed by atoms with Crippen molar-refractivity contribution < 1.29 is 6.40 Å². The van der Waals surface area contributed by atoms with E-state index in [1.807, 2.05) is 6.92 Å². The van der Waals surface area contributed by atoms with Gasteiger partial charge in [-0.15, -0.1) is 0 Å². The fraction of sp³-hybridized carbons (Fsp3) is 0.182. The molecule has 2 heterocycles. The Morgan fingerprint density at radius 3 is 2.44 bits per heavy atom. The molecule has 0 aromatic heterocycles. The molecule has 2 aliphatic heterocycles. The number of rotatable bonds is 1. The van der Waals surface area contributed by atoms with E-state index < -0.39 is 19.9 Å². The van der Waals surface area contributed by atoms with E-state index in [2.05, 4.69) is 41.5 Å². The van der Waals surface area contributed by atoms with Gasteiger partial charge in [-0.1, -0.05) is 0 Å². The third-order valence-corrected chi connectivity index (χ3v) is 6.02. The first kappa shape index (κ1) is 10.0. The molecule has 0 amide bonds. The maximum absolute atomic E-state index is 5.33. The van der Waals surface area contributed by atoms with Gasteiger partial charge in [0.15, 0.2) is 0 Å². The molecule has 0 bridgehead atoms. The first-order valence-electron chi connectivity index (χ1n) is 4.92. The topological polar surface area (TPSA) is 43.2 Å².